The molecule has 0 radical (unpaired) electrons. The Bertz CT molecular complexity index is 1390. The number of amides is 2. The van der Waals surface area contributed by atoms with Crippen molar-refractivity contribution in [1.29, 1.82) is 0 Å². The Balaban J connectivity index is 2.04. The third kappa shape index (κ3) is 7.63. The van der Waals surface area contributed by atoms with E-state index >= 15 is 0 Å². The van der Waals surface area contributed by atoms with Gasteiger partial charge in [-0.25, -0.2) is 8.42 Å². The van der Waals surface area contributed by atoms with Gasteiger partial charge in [-0.15, -0.1) is 0 Å². The molecule has 0 fully saturated rings. The first-order valence-corrected chi connectivity index (χ1v) is 14.8. The topological polar surface area (TPSA) is 96.0 Å². The fourth-order valence-electron chi connectivity index (χ4n) is 4.32. The number of hydrogen-bond acceptors (Lipinski definition) is 5. The Kier molecular flexibility index (Phi) is 10.3. The SMILES string of the molecule is CC[C@H](C)NC(=O)[C@@H](C)N(Cc1ccc(OC)cc1)C(=O)CN(c1cc(C)cc(C)c1)S(=O)(=O)c1ccccc1. The summed E-state index contributed by atoms with van der Waals surface area (Å²) in [5, 5.41) is 2.94. The molecule has 1 N–H and O–H groups in total. The van der Waals surface area contributed by atoms with Crippen LogP contribution in [0.3, 0.4) is 0 Å². The zero-order valence-corrected chi connectivity index (χ0v) is 24.9. The number of nitrogens with one attached hydrogen (secondary N) is 1. The highest BCUT2D eigenvalue weighted by molar-refractivity contribution is 7.92. The van der Waals surface area contributed by atoms with Crippen LogP contribution in [0.25, 0.3) is 0 Å². The Morgan fingerprint density at radius 2 is 1.52 bits per heavy atom. The Labute approximate surface area is 238 Å². The van der Waals surface area contributed by atoms with Crippen LogP contribution in [0.5, 0.6) is 5.75 Å². The van der Waals surface area contributed by atoms with Crippen LogP contribution in [0.4, 0.5) is 5.69 Å². The first kappa shape index (κ1) is 30.7. The summed E-state index contributed by atoms with van der Waals surface area (Å²) in [5.74, 6) is -0.138. The van der Waals surface area contributed by atoms with Gasteiger partial charge < -0.3 is 15.0 Å². The van der Waals surface area contributed by atoms with Gasteiger partial charge in [-0.1, -0.05) is 43.3 Å². The van der Waals surface area contributed by atoms with Crippen molar-refractivity contribution in [3.05, 3.63) is 89.5 Å². The molecule has 2 atom stereocenters. The summed E-state index contributed by atoms with van der Waals surface area (Å²) >= 11 is 0. The van der Waals surface area contributed by atoms with Crippen LogP contribution in [0, 0.1) is 13.8 Å². The van der Waals surface area contributed by atoms with E-state index in [-0.39, 0.29) is 23.4 Å². The van der Waals surface area contributed by atoms with Crippen molar-refractivity contribution < 1.29 is 22.7 Å². The summed E-state index contributed by atoms with van der Waals surface area (Å²) in [4.78, 5) is 28.7. The summed E-state index contributed by atoms with van der Waals surface area (Å²) in [7, 11) is -2.53. The van der Waals surface area contributed by atoms with Gasteiger partial charge in [0.15, 0.2) is 0 Å². The minimum absolute atomic E-state index is 0.0712. The van der Waals surface area contributed by atoms with Gasteiger partial charge in [0.25, 0.3) is 10.0 Å². The molecule has 0 saturated carbocycles. The molecule has 3 rings (SSSR count). The Hall–Kier alpha value is -3.85. The second kappa shape index (κ2) is 13.5. The molecule has 0 aromatic heterocycles. The molecule has 8 nitrogen and oxygen atoms in total. The first-order chi connectivity index (χ1) is 19.0. The van der Waals surface area contributed by atoms with E-state index in [1.807, 2.05) is 45.9 Å². The Morgan fingerprint density at radius 1 is 0.925 bits per heavy atom. The van der Waals surface area contributed by atoms with Crippen molar-refractivity contribution in [1.82, 2.24) is 10.2 Å². The molecule has 0 bridgehead atoms. The normalized spacial score (nSPS) is 12.8. The lowest BCUT2D eigenvalue weighted by Gasteiger charge is -2.32. The summed E-state index contributed by atoms with van der Waals surface area (Å²) in [6, 6.07) is 19.8. The van der Waals surface area contributed by atoms with Crippen LogP contribution in [0.15, 0.2) is 77.7 Å². The number of sulfonamides is 1. The van der Waals surface area contributed by atoms with Gasteiger partial charge in [0.1, 0.15) is 18.3 Å². The van der Waals surface area contributed by atoms with Crippen LogP contribution in [0.2, 0.25) is 0 Å². The fraction of sp³-hybridized carbons (Fsp3) is 0.355. The molecule has 40 heavy (non-hydrogen) atoms. The van der Waals surface area contributed by atoms with Crippen LogP contribution in [0.1, 0.15) is 43.9 Å². The van der Waals surface area contributed by atoms with Crippen molar-refractivity contribution in [3.63, 3.8) is 0 Å². The third-order valence-electron chi connectivity index (χ3n) is 6.78. The predicted octanol–water partition coefficient (Wildman–Crippen LogP) is 4.84. The zero-order chi connectivity index (χ0) is 29.4. The van der Waals surface area contributed by atoms with Crippen molar-refractivity contribution >= 4 is 27.5 Å². The van der Waals surface area contributed by atoms with Gasteiger partial charge in [-0.3, -0.25) is 13.9 Å². The molecular formula is C31H39N3O5S. The van der Waals surface area contributed by atoms with Crippen molar-refractivity contribution in [2.24, 2.45) is 0 Å². The number of hydrogen-bond donors (Lipinski definition) is 1. The van der Waals surface area contributed by atoms with Crippen LogP contribution >= 0.6 is 0 Å². The number of carbonyl (C=O) groups is 2. The summed E-state index contributed by atoms with van der Waals surface area (Å²) < 4.78 is 34.2. The molecule has 3 aromatic carbocycles. The molecule has 3 aromatic rings. The van der Waals surface area contributed by atoms with Gasteiger partial charge in [-0.2, -0.15) is 0 Å². The summed E-state index contributed by atoms with van der Waals surface area (Å²) in [6.07, 6.45) is 0.737. The first-order valence-electron chi connectivity index (χ1n) is 13.3. The maximum atomic E-state index is 14.0. The molecular weight excluding hydrogens is 526 g/mol. The average Bonchev–Trinajstić information content (AvgIpc) is 2.94. The number of aryl methyl sites for hydroxylation is 2. The van der Waals surface area contributed by atoms with Crippen molar-refractivity contribution in [3.8, 4) is 5.75 Å². The van der Waals surface area contributed by atoms with E-state index in [0.29, 0.717) is 11.4 Å². The standard InChI is InChI=1S/C31H39N3O5S/c1-7-24(4)32-31(36)25(5)33(20-26-13-15-28(39-6)16-14-26)30(35)21-34(27-18-22(2)17-23(3)19-27)40(37,38)29-11-9-8-10-12-29/h8-19,24-25H,7,20-21H2,1-6H3,(H,32,36)/t24-,25+/m0/s1. The molecule has 0 unspecified atom stereocenters. The maximum absolute atomic E-state index is 14.0. The molecule has 0 aliphatic rings. The largest absolute Gasteiger partial charge is 0.497 e. The zero-order valence-electron chi connectivity index (χ0n) is 24.0. The molecule has 2 amide bonds. The minimum atomic E-state index is -4.10. The number of methoxy groups -OCH3 is 1. The quantitative estimate of drug-likeness (QED) is 0.339. The van der Waals surface area contributed by atoms with E-state index in [4.69, 9.17) is 4.74 Å². The summed E-state index contributed by atoms with van der Waals surface area (Å²) in [5.41, 5.74) is 2.90. The molecule has 0 aliphatic heterocycles. The van der Waals surface area contributed by atoms with Crippen LogP contribution in [-0.4, -0.2) is 50.9 Å². The molecule has 0 saturated heterocycles. The number of benzene rings is 3. The lowest BCUT2D eigenvalue weighted by atomic mass is 10.1. The van der Waals surface area contributed by atoms with Gasteiger partial charge in [0, 0.05) is 12.6 Å². The maximum Gasteiger partial charge on any atom is 0.264 e. The fourth-order valence-corrected chi connectivity index (χ4v) is 5.74. The Morgan fingerprint density at radius 3 is 2.08 bits per heavy atom. The monoisotopic (exact) mass is 565 g/mol. The van der Waals surface area contributed by atoms with E-state index < -0.39 is 28.5 Å². The smallest absolute Gasteiger partial charge is 0.264 e. The average molecular weight is 566 g/mol. The van der Waals surface area contributed by atoms with E-state index in [1.165, 1.54) is 17.0 Å². The number of ether oxygens (including phenoxy) is 1. The number of carbonyl (C=O) groups excluding carboxylic acids is 2. The number of rotatable bonds is 12. The van der Waals surface area contributed by atoms with Crippen LogP contribution < -0.4 is 14.4 Å². The van der Waals surface area contributed by atoms with Gasteiger partial charge in [-0.05, 0) is 87.2 Å². The summed E-state index contributed by atoms with van der Waals surface area (Å²) in [6.45, 7) is 8.92. The molecule has 0 heterocycles. The van der Waals surface area contributed by atoms with E-state index in [1.54, 1.807) is 56.5 Å². The van der Waals surface area contributed by atoms with Gasteiger partial charge in [0.2, 0.25) is 11.8 Å². The van der Waals surface area contributed by atoms with E-state index in [9.17, 15) is 18.0 Å². The third-order valence-corrected chi connectivity index (χ3v) is 8.57. The van der Waals surface area contributed by atoms with Crippen molar-refractivity contribution in [2.45, 2.75) is 64.6 Å². The highest BCUT2D eigenvalue weighted by Gasteiger charge is 2.33. The highest BCUT2D eigenvalue weighted by atomic mass is 32.2. The molecule has 9 heteroatoms. The lowest BCUT2D eigenvalue weighted by Crippen LogP contribution is -2.52. The lowest BCUT2D eigenvalue weighted by molar-refractivity contribution is -0.139. The highest BCUT2D eigenvalue weighted by Crippen LogP contribution is 2.27. The van der Waals surface area contributed by atoms with Crippen LogP contribution in [-0.2, 0) is 26.2 Å². The number of nitrogens with zero attached hydrogens (tertiary/aromatic N) is 2. The van der Waals surface area contributed by atoms with Gasteiger partial charge in [0.05, 0.1) is 17.7 Å². The molecule has 0 aliphatic carbocycles. The second-order valence-electron chi connectivity index (χ2n) is 10.0. The van der Waals surface area contributed by atoms with Gasteiger partial charge >= 0.3 is 0 Å². The minimum Gasteiger partial charge on any atom is -0.497 e. The molecule has 214 valence electrons. The van der Waals surface area contributed by atoms with E-state index in [2.05, 4.69) is 5.32 Å². The molecule has 0 spiro atoms. The second-order valence-corrected chi connectivity index (χ2v) is 11.9. The van der Waals surface area contributed by atoms with E-state index in [0.717, 1.165) is 27.4 Å². The number of anilines is 1. The van der Waals surface area contributed by atoms with Crippen molar-refractivity contribution in [2.75, 3.05) is 18.0 Å². The predicted molar refractivity (Wildman–Crippen MR) is 158 cm³/mol.